The molecule has 17 heavy (non-hydrogen) atoms. The van der Waals surface area contributed by atoms with Gasteiger partial charge in [-0.25, -0.2) is 9.88 Å². The van der Waals surface area contributed by atoms with Crippen molar-refractivity contribution in [3.63, 3.8) is 0 Å². The molecular weight excluding hydrogens is 236 g/mol. The van der Waals surface area contributed by atoms with Crippen LogP contribution in [0, 0.1) is 17.8 Å². The minimum atomic E-state index is -0.198. The normalized spacial score (nSPS) is 32.1. The third-order valence-electron chi connectivity index (χ3n) is 3.48. The second-order valence-electron chi connectivity index (χ2n) is 4.48. The maximum Gasteiger partial charge on any atom is 0.240 e. The highest BCUT2D eigenvalue weighted by Crippen LogP contribution is 2.40. The zero-order valence-corrected chi connectivity index (χ0v) is 10.2. The van der Waals surface area contributed by atoms with E-state index in [1.807, 2.05) is 19.1 Å². The third-order valence-corrected chi connectivity index (χ3v) is 4.24. The van der Waals surface area contributed by atoms with Crippen LogP contribution in [-0.2, 0) is 9.59 Å². The fourth-order valence-electron chi connectivity index (χ4n) is 2.66. The Kier molecular flexibility index (Phi) is 2.36. The van der Waals surface area contributed by atoms with Gasteiger partial charge in [-0.3, -0.25) is 9.59 Å². The number of imide groups is 1. The lowest BCUT2D eigenvalue weighted by molar-refractivity contribution is -0.122. The van der Waals surface area contributed by atoms with Gasteiger partial charge in [0, 0.05) is 11.6 Å². The fraction of sp³-hybridized carbons (Fsp3) is 0.417. The van der Waals surface area contributed by atoms with Gasteiger partial charge >= 0.3 is 0 Å². The number of hydrogen-bond donors (Lipinski definition) is 0. The van der Waals surface area contributed by atoms with E-state index in [4.69, 9.17) is 0 Å². The summed E-state index contributed by atoms with van der Waals surface area (Å²) in [4.78, 5) is 29.9. The molecule has 1 saturated heterocycles. The Labute approximate surface area is 103 Å². The van der Waals surface area contributed by atoms with Gasteiger partial charge in [-0.1, -0.05) is 19.1 Å². The Morgan fingerprint density at radius 1 is 1.41 bits per heavy atom. The van der Waals surface area contributed by atoms with Crippen LogP contribution in [0.3, 0.4) is 0 Å². The zero-order valence-electron chi connectivity index (χ0n) is 9.37. The van der Waals surface area contributed by atoms with E-state index in [1.165, 1.54) is 16.2 Å². The van der Waals surface area contributed by atoms with Crippen LogP contribution in [0.5, 0.6) is 0 Å². The van der Waals surface area contributed by atoms with E-state index < -0.39 is 0 Å². The molecule has 1 aromatic rings. The summed E-state index contributed by atoms with van der Waals surface area (Å²) in [6, 6.07) is 0. The number of carbonyl (C=O) groups excluding carboxylic acids is 2. The Bertz CT molecular complexity index is 495. The summed E-state index contributed by atoms with van der Waals surface area (Å²) in [7, 11) is 0. The number of rotatable bonds is 1. The molecule has 2 heterocycles. The Morgan fingerprint density at radius 3 is 2.88 bits per heavy atom. The summed E-state index contributed by atoms with van der Waals surface area (Å²) in [6.07, 6.45) is 6.31. The molecule has 1 fully saturated rings. The van der Waals surface area contributed by atoms with Crippen molar-refractivity contribution in [3.8, 4) is 0 Å². The molecule has 0 aromatic carbocycles. The van der Waals surface area contributed by atoms with Crippen LogP contribution < -0.4 is 4.90 Å². The molecular formula is C12H12N2O2S. The molecule has 3 unspecified atom stereocenters. The number of nitrogens with zero attached hydrogens (tertiary/aromatic N) is 2. The maximum atomic E-state index is 12.3. The van der Waals surface area contributed by atoms with Gasteiger partial charge in [0.15, 0.2) is 5.13 Å². The van der Waals surface area contributed by atoms with Crippen LogP contribution in [0.1, 0.15) is 13.3 Å². The molecule has 0 radical (unpaired) electrons. The molecule has 0 spiro atoms. The minimum Gasteiger partial charge on any atom is -0.274 e. The second kappa shape index (κ2) is 3.77. The number of carbonyl (C=O) groups is 2. The van der Waals surface area contributed by atoms with Crippen molar-refractivity contribution in [2.45, 2.75) is 13.3 Å². The van der Waals surface area contributed by atoms with E-state index in [0.717, 1.165) is 0 Å². The van der Waals surface area contributed by atoms with E-state index in [1.54, 1.807) is 11.6 Å². The Balaban J connectivity index is 2.00. The zero-order chi connectivity index (χ0) is 12.0. The Morgan fingerprint density at radius 2 is 2.24 bits per heavy atom. The van der Waals surface area contributed by atoms with Gasteiger partial charge in [0.05, 0.1) is 11.8 Å². The van der Waals surface area contributed by atoms with E-state index in [9.17, 15) is 9.59 Å². The highest BCUT2D eigenvalue weighted by molar-refractivity contribution is 7.14. The predicted octanol–water partition coefficient (Wildman–Crippen LogP) is 1.84. The first-order valence-corrected chi connectivity index (χ1v) is 6.52. The van der Waals surface area contributed by atoms with E-state index >= 15 is 0 Å². The first kappa shape index (κ1) is 10.7. The van der Waals surface area contributed by atoms with E-state index in [0.29, 0.717) is 11.6 Å². The van der Waals surface area contributed by atoms with Crippen LogP contribution in [0.4, 0.5) is 5.13 Å². The van der Waals surface area contributed by atoms with Gasteiger partial charge in [-0.15, -0.1) is 11.3 Å². The molecule has 0 N–H and O–H groups in total. The van der Waals surface area contributed by atoms with E-state index in [-0.39, 0.29) is 29.6 Å². The summed E-state index contributed by atoms with van der Waals surface area (Å²) in [5, 5.41) is 2.28. The van der Waals surface area contributed by atoms with Crippen molar-refractivity contribution in [2.24, 2.45) is 17.8 Å². The van der Waals surface area contributed by atoms with Crippen molar-refractivity contribution in [1.82, 2.24) is 4.98 Å². The van der Waals surface area contributed by atoms with Crippen molar-refractivity contribution in [1.29, 1.82) is 0 Å². The highest BCUT2D eigenvalue weighted by atomic mass is 32.1. The number of hydrogen-bond acceptors (Lipinski definition) is 4. The molecule has 1 aliphatic carbocycles. The van der Waals surface area contributed by atoms with Gasteiger partial charge in [-0.2, -0.15) is 0 Å². The van der Waals surface area contributed by atoms with Crippen molar-refractivity contribution < 1.29 is 9.59 Å². The molecule has 2 amide bonds. The highest BCUT2D eigenvalue weighted by Gasteiger charge is 2.51. The lowest BCUT2D eigenvalue weighted by Gasteiger charge is -2.22. The largest absolute Gasteiger partial charge is 0.274 e. The molecule has 3 atom stereocenters. The van der Waals surface area contributed by atoms with Gasteiger partial charge < -0.3 is 0 Å². The molecule has 88 valence electrons. The summed E-state index contributed by atoms with van der Waals surface area (Å²) in [6.45, 7) is 1.99. The van der Waals surface area contributed by atoms with Gasteiger partial charge in [-0.05, 0) is 12.3 Å². The lowest BCUT2D eigenvalue weighted by atomic mass is 9.78. The monoisotopic (exact) mass is 248 g/mol. The van der Waals surface area contributed by atoms with Crippen molar-refractivity contribution in [3.05, 3.63) is 23.7 Å². The van der Waals surface area contributed by atoms with Crippen LogP contribution in [0.25, 0.3) is 0 Å². The lowest BCUT2D eigenvalue weighted by Crippen LogP contribution is -2.31. The third kappa shape index (κ3) is 1.45. The molecule has 2 aliphatic rings. The SMILES string of the molecule is CC1C=CCC2C(=O)N(c3nccs3)C(=O)C12. The van der Waals surface area contributed by atoms with Gasteiger partial charge in [0.1, 0.15) is 0 Å². The molecule has 5 heteroatoms. The van der Waals surface area contributed by atoms with Crippen LogP contribution in [-0.4, -0.2) is 16.8 Å². The molecule has 1 aliphatic heterocycles. The number of aromatic nitrogens is 1. The number of fused-ring (bicyclic) bond motifs is 1. The van der Waals surface area contributed by atoms with Crippen molar-refractivity contribution in [2.75, 3.05) is 4.90 Å². The first-order valence-electron chi connectivity index (χ1n) is 5.64. The van der Waals surface area contributed by atoms with Crippen LogP contribution in [0.2, 0.25) is 0 Å². The topological polar surface area (TPSA) is 50.3 Å². The predicted molar refractivity (Wildman–Crippen MR) is 64.5 cm³/mol. The smallest absolute Gasteiger partial charge is 0.240 e. The summed E-state index contributed by atoms with van der Waals surface area (Å²) < 4.78 is 0. The second-order valence-corrected chi connectivity index (χ2v) is 5.35. The maximum absolute atomic E-state index is 12.3. The number of thiazole rings is 1. The molecule has 3 rings (SSSR count). The summed E-state index contributed by atoms with van der Waals surface area (Å²) >= 11 is 1.33. The average molecular weight is 248 g/mol. The van der Waals surface area contributed by atoms with Crippen molar-refractivity contribution >= 4 is 28.3 Å². The number of allylic oxidation sites excluding steroid dienone is 2. The Hall–Kier alpha value is -1.49. The number of anilines is 1. The van der Waals surface area contributed by atoms with Crippen LogP contribution in [0.15, 0.2) is 23.7 Å². The summed E-state index contributed by atoms with van der Waals surface area (Å²) in [5.41, 5.74) is 0. The quantitative estimate of drug-likeness (QED) is 0.563. The summed E-state index contributed by atoms with van der Waals surface area (Å²) in [5.74, 6) is -0.434. The first-order chi connectivity index (χ1) is 8.20. The fourth-order valence-corrected chi connectivity index (χ4v) is 3.31. The van der Waals surface area contributed by atoms with Gasteiger partial charge in [0.25, 0.3) is 0 Å². The minimum absolute atomic E-state index is 0.0909. The average Bonchev–Trinajstić information content (AvgIpc) is 2.88. The molecule has 1 aromatic heterocycles. The molecule has 0 saturated carbocycles. The molecule has 0 bridgehead atoms. The van der Waals surface area contributed by atoms with Crippen LogP contribution >= 0.6 is 11.3 Å². The number of amides is 2. The van der Waals surface area contributed by atoms with Gasteiger partial charge in [0.2, 0.25) is 11.8 Å². The molecule has 4 nitrogen and oxygen atoms in total. The standard InChI is InChI=1S/C12H12N2O2S/c1-7-3-2-4-8-9(7)11(16)14(10(8)15)12-13-5-6-17-12/h2-3,5-9H,4H2,1H3. The van der Waals surface area contributed by atoms with E-state index in [2.05, 4.69) is 4.98 Å².